The van der Waals surface area contributed by atoms with Gasteiger partial charge in [0.15, 0.2) is 0 Å². The molecule has 0 bridgehead atoms. The molecule has 0 aliphatic carbocycles. The van der Waals surface area contributed by atoms with Crippen molar-refractivity contribution in [1.29, 1.82) is 5.26 Å². The maximum absolute atomic E-state index is 9.14. The predicted octanol–water partition coefficient (Wildman–Crippen LogP) is 2.84. The summed E-state index contributed by atoms with van der Waals surface area (Å²) in [5, 5.41) is 9.14. The minimum Gasteiger partial charge on any atom is -0.400 e. The number of nitriles is 1. The Morgan fingerprint density at radius 2 is 1.86 bits per heavy atom. The van der Waals surface area contributed by atoms with Gasteiger partial charge in [-0.25, -0.2) is 0 Å². The molecule has 1 aliphatic rings. The molecule has 0 amide bonds. The lowest BCUT2D eigenvalue weighted by molar-refractivity contribution is 0.00578. The first-order valence-electron chi connectivity index (χ1n) is 7.47. The van der Waals surface area contributed by atoms with Crippen molar-refractivity contribution in [3.8, 4) is 6.07 Å². The van der Waals surface area contributed by atoms with Crippen molar-refractivity contribution in [2.45, 2.75) is 45.8 Å². The zero-order valence-corrected chi connectivity index (χ0v) is 13.9. The van der Waals surface area contributed by atoms with Crippen LogP contribution in [0.1, 0.15) is 44.4 Å². The second-order valence-corrected chi connectivity index (χ2v) is 6.70. The highest BCUT2D eigenvalue weighted by atomic mass is 16.7. The predicted molar refractivity (Wildman–Crippen MR) is 89.0 cm³/mol. The lowest BCUT2D eigenvalue weighted by atomic mass is 9.77. The van der Waals surface area contributed by atoms with Crippen LogP contribution in [0.2, 0.25) is 0 Å². The molecule has 0 saturated carbocycles. The van der Waals surface area contributed by atoms with E-state index in [9.17, 15) is 0 Å². The maximum Gasteiger partial charge on any atom is 0.491 e. The third-order valence-electron chi connectivity index (χ3n) is 4.53. The molecule has 1 fully saturated rings. The average molecular weight is 298 g/mol. The van der Waals surface area contributed by atoms with Gasteiger partial charge in [0, 0.05) is 6.54 Å². The van der Waals surface area contributed by atoms with E-state index in [2.05, 4.69) is 6.07 Å². The lowest BCUT2D eigenvalue weighted by Crippen LogP contribution is -2.41. The summed E-state index contributed by atoms with van der Waals surface area (Å²) in [6.07, 6.45) is 1.95. The Balaban J connectivity index is 2.32. The molecule has 0 atom stereocenters. The lowest BCUT2D eigenvalue weighted by Gasteiger charge is -2.32. The van der Waals surface area contributed by atoms with Gasteiger partial charge in [-0.05, 0) is 57.3 Å². The number of hydrogen-bond donors (Lipinski definition) is 1. The largest absolute Gasteiger partial charge is 0.491 e. The standard InChI is InChI=1S/C17H23BN2O2/c1-12-6-7-13(8-14(12)10-19)9-15(11-20)18-21-16(2,3)17(4,5)22-18/h6-9H,11,20H2,1-5H3. The van der Waals surface area contributed by atoms with Crippen LogP contribution in [0, 0.1) is 18.3 Å². The van der Waals surface area contributed by atoms with Gasteiger partial charge in [0.1, 0.15) is 0 Å². The van der Waals surface area contributed by atoms with E-state index < -0.39 is 18.3 Å². The van der Waals surface area contributed by atoms with Gasteiger partial charge in [-0.1, -0.05) is 18.2 Å². The second kappa shape index (κ2) is 5.88. The number of rotatable bonds is 3. The molecule has 1 aromatic rings. The molecule has 0 radical (unpaired) electrons. The average Bonchev–Trinajstić information content (AvgIpc) is 2.66. The molecule has 22 heavy (non-hydrogen) atoms. The Morgan fingerprint density at radius 3 is 2.36 bits per heavy atom. The summed E-state index contributed by atoms with van der Waals surface area (Å²) >= 11 is 0. The fourth-order valence-corrected chi connectivity index (χ4v) is 2.28. The van der Waals surface area contributed by atoms with Crippen LogP contribution in [-0.2, 0) is 9.31 Å². The van der Waals surface area contributed by atoms with Crippen molar-refractivity contribution >= 4 is 13.2 Å². The van der Waals surface area contributed by atoms with Gasteiger partial charge in [0.05, 0.1) is 22.8 Å². The minimum absolute atomic E-state index is 0.340. The summed E-state index contributed by atoms with van der Waals surface area (Å²) in [5.74, 6) is 0. The van der Waals surface area contributed by atoms with Crippen LogP contribution >= 0.6 is 0 Å². The monoisotopic (exact) mass is 298 g/mol. The third-order valence-corrected chi connectivity index (χ3v) is 4.53. The molecule has 1 aliphatic heterocycles. The van der Waals surface area contributed by atoms with Crippen LogP contribution in [0.3, 0.4) is 0 Å². The third kappa shape index (κ3) is 3.10. The van der Waals surface area contributed by atoms with E-state index in [1.54, 1.807) is 0 Å². The molecule has 0 unspecified atom stereocenters. The van der Waals surface area contributed by atoms with Crippen molar-refractivity contribution in [3.05, 3.63) is 40.4 Å². The summed E-state index contributed by atoms with van der Waals surface area (Å²) in [7, 11) is -0.457. The number of hydrogen-bond acceptors (Lipinski definition) is 4. The van der Waals surface area contributed by atoms with E-state index in [4.69, 9.17) is 20.3 Å². The van der Waals surface area contributed by atoms with Crippen molar-refractivity contribution in [2.75, 3.05) is 6.54 Å². The van der Waals surface area contributed by atoms with Gasteiger partial charge in [-0.15, -0.1) is 0 Å². The highest BCUT2D eigenvalue weighted by molar-refractivity contribution is 6.55. The van der Waals surface area contributed by atoms with Crippen LogP contribution < -0.4 is 5.73 Å². The summed E-state index contributed by atoms with van der Waals surface area (Å²) in [4.78, 5) is 0. The van der Waals surface area contributed by atoms with Gasteiger partial charge in [-0.2, -0.15) is 5.26 Å². The van der Waals surface area contributed by atoms with Crippen molar-refractivity contribution in [2.24, 2.45) is 5.73 Å². The molecule has 0 aromatic heterocycles. The quantitative estimate of drug-likeness (QED) is 0.871. The number of nitrogens with two attached hydrogens (primary N) is 1. The van der Waals surface area contributed by atoms with Crippen LogP contribution in [0.15, 0.2) is 23.7 Å². The Hall–Kier alpha value is -1.61. The van der Waals surface area contributed by atoms with Crippen molar-refractivity contribution in [3.63, 3.8) is 0 Å². The van der Waals surface area contributed by atoms with Gasteiger partial charge in [0.25, 0.3) is 0 Å². The van der Waals surface area contributed by atoms with E-state index in [0.717, 1.165) is 16.6 Å². The smallest absolute Gasteiger partial charge is 0.400 e. The van der Waals surface area contributed by atoms with E-state index in [1.165, 1.54) is 0 Å². The van der Waals surface area contributed by atoms with Gasteiger partial charge < -0.3 is 15.0 Å². The van der Waals surface area contributed by atoms with Gasteiger partial charge in [0.2, 0.25) is 0 Å². The molecule has 0 spiro atoms. The topological polar surface area (TPSA) is 68.3 Å². The van der Waals surface area contributed by atoms with Crippen LogP contribution in [0.5, 0.6) is 0 Å². The summed E-state index contributed by atoms with van der Waals surface area (Å²) in [6.45, 7) is 10.3. The molecule has 5 heteroatoms. The van der Waals surface area contributed by atoms with Crippen LogP contribution in [0.25, 0.3) is 6.08 Å². The maximum atomic E-state index is 9.14. The molecular formula is C17H23BN2O2. The molecule has 1 aromatic carbocycles. The molecular weight excluding hydrogens is 275 g/mol. The van der Waals surface area contributed by atoms with Gasteiger partial charge in [-0.3, -0.25) is 0 Å². The normalized spacial score (nSPS) is 20.0. The van der Waals surface area contributed by atoms with E-state index >= 15 is 0 Å². The molecule has 2 rings (SSSR count). The van der Waals surface area contributed by atoms with E-state index in [0.29, 0.717) is 12.1 Å². The fraction of sp³-hybridized carbons (Fsp3) is 0.471. The molecule has 1 saturated heterocycles. The summed E-state index contributed by atoms with van der Waals surface area (Å²) in [5.41, 5.74) is 8.52. The summed E-state index contributed by atoms with van der Waals surface area (Å²) in [6, 6.07) is 7.96. The number of benzene rings is 1. The van der Waals surface area contributed by atoms with Crippen molar-refractivity contribution in [1.82, 2.24) is 0 Å². The Bertz CT molecular complexity index is 629. The zero-order chi connectivity index (χ0) is 16.5. The summed E-state index contributed by atoms with van der Waals surface area (Å²) < 4.78 is 12.1. The van der Waals surface area contributed by atoms with Crippen LogP contribution in [0.4, 0.5) is 0 Å². The first-order chi connectivity index (χ1) is 10.2. The fourth-order valence-electron chi connectivity index (χ4n) is 2.28. The zero-order valence-electron chi connectivity index (χ0n) is 13.9. The van der Waals surface area contributed by atoms with Crippen LogP contribution in [-0.4, -0.2) is 24.9 Å². The Labute approximate surface area is 133 Å². The highest BCUT2D eigenvalue weighted by Gasteiger charge is 2.52. The second-order valence-electron chi connectivity index (χ2n) is 6.70. The number of aryl methyl sites for hydroxylation is 1. The van der Waals surface area contributed by atoms with Crippen molar-refractivity contribution < 1.29 is 9.31 Å². The first-order valence-corrected chi connectivity index (χ1v) is 7.47. The molecule has 2 N–H and O–H groups in total. The van der Waals surface area contributed by atoms with E-state index in [-0.39, 0.29) is 0 Å². The highest BCUT2D eigenvalue weighted by Crippen LogP contribution is 2.38. The SMILES string of the molecule is Cc1ccc(C=C(CN)B2OC(C)(C)C(C)(C)O2)cc1C#N. The molecule has 1 heterocycles. The molecule has 4 nitrogen and oxygen atoms in total. The Morgan fingerprint density at radius 1 is 1.27 bits per heavy atom. The Kier molecular flexibility index (Phi) is 4.48. The van der Waals surface area contributed by atoms with Gasteiger partial charge >= 0.3 is 7.12 Å². The minimum atomic E-state index is -0.457. The first kappa shape index (κ1) is 16.8. The molecule has 116 valence electrons. The van der Waals surface area contributed by atoms with E-state index in [1.807, 2.05) is 58.9 Å². The number of nitrogens with zero attached hydrogens (tertiary/aromatic N) is 1.